The zero-order chi connectivity index (χ0) is 4.28. The number of carbonyl (C=O) groups excluding carboxylic acids is 1. The number of Topliss-reactive ketones (excluding diaryl/α,β-unsaturated/α-hetero) is 1. The second-order valence-corrected chi connectivity index (χ2v) is 0.681. The number of hydrogen-bond acceptors (Lipinski definition) is 1. The van der Waals surface area contributed by atoms with Gasteiger partial charge < -0.3 is 0 Å². The van der Waals surface area contributed by atoms with E-state index in [-0.39, 0.29) is 5.78 Å². The van der Waals surface area contributed by atoms with Gasteiger partial charge in [0.1, 0.15) is 0 Å². The van der Waals surface area contributed by atoms with E-state index in [9.17, 15) is 4.79 Å². The van der Waals surface area contributed by atoms with Gasteiger partial charge in [-0.3, -0.25) is 0 Å². The van der Waals surface area contributed by atoms with Crippen LogP contribution in [0.3, 0.4) is 0 Å². The summed E-state index contributed by atoms with van der Waals surface area (Å²) >= 11 is 0. The molecule has 0 aromatic carbocycles. The van der Waals surface area contributed by atoms with Crippen LogP contribution in [-0.4, -0.2) is 5.78 Å². The SMILES string of the molecule is [C+]#CC(C)=O. The van der Waals surface area contributed by atoms with Gasteiger partial charge in [0.15, 0.2) is 0 Å². The summed E-state index contributed by atoms with van der Waals surface area (Å²) < 4.78 is 0. The van der Waals surface area contributed by atoms with Gasteiger partial charge in [0, 0.05) is 0 Å². The Labute approximate surface area is 31.0 Å². The minimum atomic E-state index is -0.329. The van der Waals surface area contributed by atoms with Gasteiger partial charge in [0.2, 0.25) is 0 Å². The molecule has 0 amide bonds. The predicted molar refractivity (Wildman–Crippen MR) is 17.8 cm³/mol. The average Bonchev–Trinajstić information content (AvgIpc) is 1.38. The first-order valence-electron chi connectivity index (χ1n) is 1.20. The molecule has 0 aliphatic carbocycles. The summed E-state index contributed by atoms with van der Waals surface area (Å²) in [6, 6.07) is 0. The Morgan fingerprint density at radius 2 is 2.20 bits per heavy atom. The fraction of sp³-hybridized carbons (Fsp3) is 0.250. The number of ketones is 1. The molecule has 0 rings (SSSR count). The van der Waals surface area contributed by atoms with Gasteiger partial charge >= 0.3 is 29.8 Å². The molecule has 0 bridgehead atoms. The van der Waals surface area contributed by atoms with E-state index in [4.69, 9.17) is 6.42 Å². The molecule has 0 aliphatic heterocycles. The van der Waals surface area contributed by atoms with Crippen molar-refractivity contribution < 1.29 is 4.79 Å². The average molecular weight is 67.1 g/mol. The summed E-state index contributed by atoms with van der Waals surface area (Å²) in [5, 5.41) is 0. The van der Waals surface area contributed by atoms with Crippen molar-refractivity contribution in [2.75, 3.05) is 0 Å². The van der Waals surface area contributed by atoms with Crippen molar-refractivity contribution >= 4 is 5.78 Å². The van der Waals surface area contributed by atoms with Gasteiger partial charge in [-0.15, -0.1) is 0 Å². The van der Waals surface area contributed by atoms with E-state index in [2.05, 4.69) is 0 Å². The Hall–Kier alpha value is -0.550. The first-order chi connectivity index (χ1) is 2.27. The van der Waals surface area contributed by atoms with E-state index < -0.39 is 0 Å². The van der Waals surface area contributed by atoms with Gasteiger partial charge in [-0.25, -0.2) is 0 Å². The first-order valence-corrected chi connectivity index (χ1v) is 1.20. The Morgan fingerprint density at radius 3 is 2.20 bits per heavy atom. The zero-order valence-corrected chi connectivity index (χ0v) is 2.91. The topological polar surface area (TPSA) is 17.1 Å². The minimum absolute atomic E-state index is 0.329. The van der Waals surface area contributed by atoms with Crippen LogP contribution in [0.4, 0.5) is 0 Å². The van der Waals surface area contributed by atoms with Gasteiger partial charge in [-0.2, -0.15) is 0 Å². The monoisotopic (exact) mass is 67.0 g/mol. The molecule has 0 saturated heterocycles. The Balaban J connectivity index is 3.35. The maximum absolute atomic E-state index is 9.51. The molecule has 0 aromatic heterocycles. The Bertz CT molecular complexity index is 76.1. The van der Waals surface area contributed by atoms with E-state index in [1.165, 1.54) is 6.92 Å². The molecule has 0 saturated carbocycles. The number of rotatable bonds is 0. The van der Waals surface area contributed by atoms with E-state index in [1.807, 2.05) is 0 Å². The van der Waals surface area contributed by atoms with Gasteiger partial charge in [0.25, 0.3) is 0 Å². The third-order valence-electron chi connectivity index (χ3n) is 0.176. The third-order valence-corrected chi connectivity index (χ3v) is 0.176. The van der Waals surface area contributed by atoms with Gasteiger partial charge in [0.05, 0.1) is 0 Å². The molecule has 0 aliphatic rings. The maximum atomic E-state index is 9.51. The van der Waals surface area contributed by atoms with E-state index in [0.717, 1.165) is 0 Å². The van der Waals surface area contributed by atoms with E-state index in [1.54, 1.807) is 5.92 Å². The molecule has 1 heteroatoms. The van der Waals surface area contributed by atoms with Crippen LogP contribution in [0, 0.1) is 12.3 Å². The van der Waals surface area contributed by atoms with Crippen LogP contribution in [0.2, 0.25) is 0 Å². The van der Waals surface area contributed by atoms with Gasteiger partial charge in [-0.05, 0) is 0 Å². The van der Waals surface area contributed by atoms with Crippen LogP contribution in [0.5, 0.6) is 0 Å². The predicted octanol–water partition coefficient (Wildman–Crippen LogP) is 0.165. The van der Waals surface area contributed by atoms with Crippen molar-refractivity contribution in [3.63, 3.8) is 0 Å². The summed E-state index contributed by atoms with van der Waals surface area (Å²) in [6.07, 6.45) is 6.06. The van der Waals surface area contributed by atoms with Crippen LogP contribution in [0.1, 0.15) is 6.92 Å². The van der Waals surface area contributed by atoms with Crippen molar-refractivity contribution in [1.29, 1.82) is 0 Å². The molecule has 0 atom stereocenters. The molecule has 5 heavy (non-hydrogen) atoms. The summed E-state index contributed by atoms with van der Waals surface area (Å²) in [6.45, 7) is 1.28. The summed E-state index contributed by atoms with van der Waals surface area (Å²) in [7, 11) is 0. The summed E-state index contributed by atoms with van der Waals surface area (Å²) in [5.74, 6) is 1.31. The molecule has 0 radical (unpaired) electrons. The van der Waals surface area contributed by atoms with Crippen molar-refractivity contribution in [1.82, 2.24) is 0 Å². The summed E-state index contributed by atoms with van der Waals surface area (Å²) in [4.78, 5) is 9.51. The molecule has 0 aromatic rings. The van der Waals surface area contributed by atoms with Crippen LogP contribution in [0.15, 0.2) is 0 Å². The van der Waals surface area contributed by atoms with Crippen molar-refractivity contribution in [3.8, 4) is 5.92 Å². The fourth-order valence-electron chi connectivity index (χ4n) is 0. The first kappa shape index (κ1) is 4.45. The van der Waals surface area contributed by atoms with Crippen molar-refractivity contribution in [2.45, 2.75) is 6.92 Å². The molecule has 24 valence electrons. The van der Waals surface area contributed by atoms with E-state index in [0.29, 0.717) is 0 Å². The fourth-order valence-corrected chi connectivity index (χ4v) is 0. The molecule has 0 unspecified atom stereocenters. The molecule has 1 nitrogen and oxygen atoms in total. The Kier molecular flexibility index (Phi) is 1.55. The standard InChI is InChI=1S/C4H3O/c1-3-4(2)5/h2H3/q+1. The van der Waals surface area contributed by atoms with Crippen molar-refractivity contribution in [3.05, 3.63) is 6.42 Å². The number of carbonyl (C=O) groups is 1. The summed E-state index contributed by atoms with van der Waals surface area (Å²) in [5.41, 5.74) is 0. The number of hydrogen-bond donors (Lipinski definition) is 0. The second-order valence-electron chi connectivity index (χ2n) is 0.681. The quantitative estimate of drug-likeness (QED) is 0.291. The molecule has 0 heterocycles. The molecule has 0 N–H and O–H groups in total. The third kappa shape index (κ3) is 3.45. The molecule has 0 fully saturated rings. The van der Waals surface area contributed by atoms with E-state index >= 15 is 0 Å². The Morgan fingerprint density at radius 1 is 2.00 bits per heavy atom. The normalized spacial score (nSPS) is 6.20. The van der Waals surface area contributed by atoms with Gasteiger partial charge in [-0.1, -0.05) is 0 Å². The van der Waals surface area contributed by atoms with Crippen molar-refractivity contribution in [2.24, 2.45) is 0 Å². The van der Waals surface area contributed by atoms with Crippen LogP contribution in [-0.2, 0) is 4.79 Å². The molecular formula is C4H3O+. The molecule has 0 spiro atoms. The molecular weight excluding hydrogens is 64.0 g/mol. The zero-order valence-electron chi connectivity index (χ0n) is 2.91. The second kappa shape index (κ2) is 1.74. The van der Waals surface area contributed by atoms with Crippen LogP contribution < -0.4 is 0 Å². The van der Waals surface area contributed by atoms with Crippen LogP contribution >= 0.6 is 0 Å². The van der Waals surface area contributed by atoms with Crippen LogP contribution in [0.25, 0.3) is 0 Å².